The molecule has 3 aliphatic rings. The van der Waals surface area contributed by atoms with Crippen LogP contribution >= 0.6 is 11.3 Å². The third kappa shape index (κ3) is 6.52. The van der Waals surface area contributed by atoms with Gasteiger partial charge in [-0.3, -0.25) is 14.9 Å². The summed E-state index contributed by atoms with van der Waals surface area (Å²) in [5, 5.41) is 10.3. The number of fused-ring (bicyclic) bond motifs is 2. The molecule has 1 aromatic carbocycles. The summed E-state index contributed by atoms with van der Waals surface area (Å²) in [4.78, 5) is 23.8. The molecule has 1 unspecified atom stereocenters. The van der Waals surface area contributed by atoms with Crippen LogP contribution in [0.4, 0.5) is 28.4 Å². The normalized spacial score (nSPS) is 21.3. The van der Waals surface area contributed by atoms with Crippen molar-refractivity contribution in [3.8, 4) is 23.3 Å². The van der Waals surface area contributed by atoms with Crippen LogP contribution in [0.15, 0.2) is 17.3 Å². The predicted octanol–water partition coefficient (Wildman–Crippen LogP) is 6.67. The molecule has 0 spiro atoms. The maximum atomic E-state index is 16.9. The number of ether oxygens (including phenoxy) is 2. The quantitative estimate of drug-likeness (QED) is 0.124. The predicted molar refractivity (Wildman–Crippen MR) is 189 cm³/mol. The van der Waals surface area contributed by atoms with Crippen LogP contribution in [0, 0.1) is 34.2 Å². The van der Waals surface area contributed by atoms with Gasteiger partial charge in [-0.25, -0.2) is 17.6 Å². The topological polar surface area (TPSA) is 103 Å². The van der Waals surface area contributed by atoms with Crippen LogP contribution < -0.4 is 9.64 Å². The Morgan fingerprint density at radius 1 is 1.16 bits per heavy atom. The van der Waals surface area contributed by atoms with Crippen molar-refractivity contribution >= 4 is 49.9 Å². The highest BCUT2D eigenvalue weighted by Crippen LogP contribution is 2.48. The molecule has 0 amide bonds. The van der Waals surface area contributed by atoms with Crippen LogP contribution in [0.2, 0.25) is 0 Å². The van der Waals surface area contributed by atoms with Crippen molar-refractivity contribution in [1.82, 2.24) is 24.8 Å². The van der Waals surface area contributed by atoms with Gasteiger partial charge in [0, 0.05) is 61.3 Å². The Kier molecular flexibility index (Phi) is 9.18. The van der Waals surface area contributed by atoms with E-state index in [1.807, 2.05) is 32.1 Å². The summed E-state index contributed by atoms with van der Waals surface area (Å²) in [6.07, 6.45) is 6.24. The number of nitrogens with zero attached hydrogens (tertiary/aromatic N) is 8. The van der Waals surface area contributed by atoms with E-state index in [-0.39, 0.29) is 74.1 Å². The molecular formula is C36H40F4N8O2S. The summed E-state index contributed by atoms with van der Waals surface area (Å²) < 4.78 is 73.4. The standard InChI is InChI=1S/C36H40F4N8O2S/c1-34(40)16-48(11-12-49-19-34)17-35(9-10-35)20-50-33-44-29-23(31(45-33)47(5)18-36(46(3)4)7-6-8-36)15-43-28(27(29)39)21-13-24(37)26(38)30-25(21)22(14-41)32(42-2)51-30/h13,15H,2,6-12,16-20H2,1,3-5H3. The van der Waals surface area contributed by atoms with Crippen LogP contribution in [-0.4, -0.2) is 110 Å². The van der Waals surface area contributed by atoms with Gasteiger partial charge in [0.05, 0.1) is 35.5 Å². The zero-order valence-electron chi connectivity index (χ0n) is 29.2. The van der Waals surface area contributed by atoms with Crippen molar-refractivity contribution in [3.63, 3.8) is 0 Å². The smallest absolute Gasteiger partial charge is 0.319 e. The average Bonchev–Trinajstić information content (AvgIpc) is 3.77. The Morgan fingerprint density at radius 2 is 1.92 bits per heavy atom. The number of benzene rings is 1. The lowest BCUT2D eigenvalue weighted by Crippen LogP contribution is -2.56. The Labute approximate surface area is 297 Å². The number of anilines is 1. The van der Waals surface area contributed by atoms with E-state index in [4.69, 9.17) is 14.5 Å². The molecule has 51 heavy (non-hydrogen) atoms. The number of nitriles is 1. The monoisotopic (exact) mass is 724 g/mol. The Hall–Kier alpha value is -3.97. The molecule has 0 N–H and O–H groups in total. The second kappa shape index (κ2) is 13.2. The summed E-state index contributed by atoms with van der Waals surface area (Å²) >= 11 is 0.755. The molecule has 2 saturated carbocycles. The average molecular weight is 725 g/mol. The molecule has 3 fully saturated rings. The van der Waals surface area contributed by atoms with Crippen molar-refractivity contribution in [3.05, 3.63) is 35.3 Å². The van der Waals surface area contributed by atoms with Gasteiger partial charge in [-0.2, -0.15) is 15.2 Å². The van der Waals surface area contributed by atoms with Crippen LogP contribution in [0.3, 0.4) is 0 Å². The molecule has 0 radical (unpaired) electrons. The fraction of sp³-hybridized carbons (Fsp3) is 0.528. The number of pyridine rings is 1. The number of hydrogen-bond donors (Lipinski definition) is 0. The Bertz CT molecular complexity index is 2060. The van der Waals surface area contributed by atoms with E-state index >= 15 is 13.2 Å². The minimum Gasteiger partial charge on any atom is -0.463 e. The summed E-state index contributed by atoms with van der Waals surface area (Å²) in [7, 11) is 5.96. The minimum atomic E-state index is -1.46. The van der Waals surface area contributed by atoms with E-state index in [1.54, 1.807) is 6.92 Å². The van der Waals surface area contributed by atoms with Crippen molar-refractivity contribution in [2.45, 2.75) is 50.2 Å². The fourth-order valence-electron chi connectivity index (χ4n) is 7.44. The molecule has 7 rings (SSSR count). The third-order valence-corrected chi connectivity index (χ3v) is 11.8. The van der Waals surface area contributed by atoms with Crippen LogP contribution in [0.25, 0.3) is 32.2 Å². The first-order valence-corrected chi connectivity index (χ1v) is 17.8. The first kappa shape index (κ1) is 35.4. The number of alkyl halides is 1. The van der Waals surface area contributed by atoms with Gasteiger partial charge < -0.3 is 19.3 Å². The summed E-state index contributed by atoms with van der Waals surface area (Å²) in [5.74, 6) is -2.88. The Balaban J connectivity index is 1.30. The SMILES string of the molecule is C=Nc1sc2c(F)c(F)cc(-c3ncc4c(N(C)CC5(N(C)C)CCC5)nc(OCC5(CN6CCOCC(C)(F)C6)CC5)nc4c3F)c2c1C#N. The van der Waals surface area contributed by atoms with Gasteiger partial charge in [0.2, 0.25) is 0 Å². The number of aliphatic imine (C=N–C) groups is 1. The molecule has 1 atom stereocenters. The highest BCUT2D eigenvalue weighted by atomic mass is 32.1. The van der Waals surface area contributed by atoms with Gasteiger partial charge in [0.15, 0.2) is 17.5 Å². The van der Waals surface area contributed by atoms with Gasteiger partial charge in [0.25, 0.3) is 0 Å². The zero-order chi connectivity index (χ0) is 36.3. The van der Waals surface area contributed by atoms with E-state index in [0.717, 1.165) is 49.5 Å². The number of thiophene rings is 1. The largest absolute Gasteiger partial charge is 0.463 e. The zero-order valence-corrected chi connectivity index (χ0v) is 30.0. The molecule has 15 heteroatoms. The summed E-state index contributed by atoms with van der Waals surface area (Å²) in [5.41, 5.74) is -2.39. The molecule has 1 saturated heterocycles. The minimum absolute atomic E-state index is 0.00528. The third-order valence-electron chi connectivity index (χ3n) is 10.7. The van der Waals surface area contributed by atoms with E-state index in [1.165, 1.54) is 6.20 Å². The van der Waals surface area contributed by atoms with Gasteiger partial charge >= 0.3 is 6.01 Å². The first-order valence-electron chi connectivity index (χ1n) is 17.0. The molecule has 4 aromatic rings. The highest BCUT2D eigenvalue weighted by molar-refractivity contribution is 7.23. The van der Waals surface area contributed by atoms with Crippen LogP contribution in [0.1, 0.15) is 44.6 Å². The van der Waals surface area contributed by atoms with Crippen molar-refractivity contribution < 1.29 is 27.0 Å². The number of hydrogen-bond acceptors (Lipinski definition) is 11. The molecule has 4 heterocycles. The van der Waals surface area contributed by atoms with Crippen molar-refractivity contribution in [1.29, 1.82) is 5.26 Å². The van der Waals surface area contributed by atoms with Gasteiger partial charge in [-0.15, -0.1) is 11.3 Å². The number of rotatable bonds is 11. The number of aromatic nitrogens is 3. The number of likely N-dealkylation sites (N-methyl/N-ethyl adjacent to an activating group) is 2. The van der Waals surface area contributed by atoms with Gasteiger partial charge in [-0.1, -0.05) is 0 Å². The van der Waals surface area contributed by atoms with Gasteiger partial charge in [-0.05, 0) is 65.9 Å². The van der Waals surface area contributed by atoms with E-state index in [0.29, 0.717) is 37.4 Å². The van der Waals surface area contributed by atoms with Crippen molar-refractivity contribution in [2.24, 2.45) is 10.4 Å². The van der Waals surface area contributed by atoms with Crippen LogP contribution in [-0.2, 0) is 4.74 Å². The molecule has 1 aliphatic heterocycles. The van der Waals surface area contributed by atoms with E-state index in [2.05, 4.69) is 31.5 Å². The lowest BCUT2D eigenvalue weighted by Gasteiger charge is -2.49. The lowest BCUT2D eigenvalue weighted by atomic mass is 9.75. The second-order valence-electron chi connectivity index (χ2n) is 14.8. The van der Waals surface area contributed by atoms with E-state index in [9.17, 15) is 9.65 Å². The molecule has 3 aromatic heterocycles. The lowest BCUT2D eigenvalue weighted by molar-refractivity contribution is 0.0441. The van der Waals surface area contributed by atoms with Crippen molar-refractivity contribution in [2.75, 3.05) is 72.0 Å². The molecule has 270 valence electrons. The number of halogens is 4. The summed E-state index contributed by atoms with van der Waals surface area (Å²) in [6, 6.07) is 2.77. The first-order chi connectivity index (χ1) is 24.3. The van der Waals surface area contributed by atoms with Gasteiger partial charge in [0.1, 0.15) is 33.8 Å². The Morgan fingerprint density at radius 3 is 2.57 bits per heavy atom. The molecule has 2 aliphatic carbocycles. The molecular weight excluding hydrogens is 685 g/mol. The molecule has 0 bridgehead atoms. The maximum Gasteiger partial charge on any atom is 0.319 e. The van der Waals surface area contributed by atoms with E-state index < -0.39 is 23.1 Å². The van der Waals surface area contributed by atoms with Crippen LogP contribution in [0.5, 0.6) is 6.01 Å². The fourth-order valence-corrected chi connectivity index (χ4v) is 8.45. The maximum absolute atomic E-state index is 16.9. The summed E-state index contributed by atoms with van der Waals surface area (Å²) in [6.45, 7) is 7.81. The second-order valence-corrected chi connectivity index (χ2v) is 15.8. The molecule has 10 nitrogen and oxygen atoms in total. The highest BCUT2D eigenvalue weighted by Gasteiger charge is 2.46.